The average Bonchev–Trinajstić information content (AvgIpc) is 3.48. The number of furan rings is 1. The summed E-state index contributed by atoms with van der Waals surface area (Å²) < 4.78 is 6.49. The summed E-state index contributed by atoms with van der Waals surface area (Å²) >= 11 is 0. The Labute approximate surface area is 258 Å². The Morgan fingerprint density at radius 3 is 1.36 bits per heavy atom. The molecule has 0 spiro atoms. The summed E-state index contributed by atoms with van der Waals surface area (Å²) in [5.41, 5.74) is 7.33. The first-order valence-corrected chi connectivity index (χ1v) is 14.9. The second kappa shape index (κ2) is 9.55. The lowest BCUT2D eigenvalue weighted by molar-refractivity contribution is 0.669. The molecule has 0 bridgehead atoms. The van der Waals surface area contributed by atoms with E-state index in [4.69, 9.17) is 4.42 Å². The fourth-order valence-corrected chi connectivity index (χ4v) is 7.29. The Hall–Kier alpha value is -6.42. The van der Waals surface area contributed by atoms with E-state index in [-0.39, 0.29) is 0 Å². The maximum absolute atomic E-state index is 10.2. The Morgan fingerprint density at radius 2 is 0.867 bits per heavy atom. The van der Waals surface area contributed by atoms with Crippen molar-refractivity contribution >= 4 is 65.0 Å². The Bertz CT molecular complexity index is 2680. The minimum Gasteiger partial charge on any atom is -0.456 e. The highest BCUT2D eigenvalue weighted by atomic mass is 16.3. The van der Waals surface area contributed by atoms with Crippen LogP contribution in [0.4, 0.5) is 0 Å². The molecule has 45 heavy (non-hydrogen) atoms. The molecule has 0 radical (unpaired) electrons. The highest BCUT2D eigenvalue weighted by molar-refractivity contribution is 6.24. The second-order valence-corrected chi connectivity index (χ2v) is 11.4. The fourth-order valence-electron chi connectivity index (χ4n) is 7.29. The molecule has 0 atom stereocenters. The molecule has 0 unspecified atom stereocenters. The number of benzene rings is 8. The van der Waals surface area contributed by atoms with Gasteiger partial charge in [0.25, 0.3) is 0 Å². The highest BCUT2D eigenvalue weighted by Crippen LogP contribution is 2.46. The largest absolute Gasteiger partial charge is 0.456 e. The van der Waals surface area contributed by atoms with E-state index < -0.39 is 0 Å². The first-order valence-electron chi connectivity index (χ1n) is 14.9. The first kappa shape index (κ1) is 25.1. The Balaban J connectivity index is 1.42. The highest BCUT2D eigenvalue weighted by Gasteiger charge is 2.21. The minimum atomic E-state index is 0.691. The van der Waals surface area contributed by atoms with Crippen LogP contribution in [0.2, 0.25) is 0 Å². The molecular formula is C42H22N2O. The van der Waals surface area contributed by atoms with Gasteiger partial charge in [0.1, 0.15) is 23.3 Å². The van der Waals surface area contributed by atoms with Gasteiger partial charge in [0.15, 0.2) is 0 Å². The molecule has 0 saturated carbocycles. The first-order chi connectivity index (χ1) is 22.3. The summed E-state index contributed by atoms with van der Waals surface area (Å²) in [4.78, 5) is 0. The van der Waals surface area contributed by atoms with E-state index in [0.717, 1.165) is 87.3 Å². The maximum atomic E-state index is 10.2. The number of rotatable bonds is 2. The van der Waals surface area contributed by atoms with Gasteiger partial charge in [-0.25, -0.2) is 0 Å². The van der Waals surface area contributed by atoms with E-state index in [1.807, 2.05) is 84.9 Å². The SMILES string of the molecule is N#Cc1c2ccccc2c(-c2ccc3oc4cccc(-c5c6ccccc6c(C#N)c6ccccc56)c4c3c2)c2ccccc12. The normalized spacial score (nSPS) is 11.5. The van der Waals surface area contributed by atoms with Gasteiger partial charge in [-0.2, -0.15) is 10.5 Å². The summed E-state index contributed by atoms with van der Waals surface area (Å²) in [5, 5.41) is 30.4. The smallest absolute Gasteiger partial charge is 0.136 e. The molecule has 9 rings (SSSR count). The van der Waals surface area contributed by atoms with E-state index in [9.17, 15) is 10.5 Å². The minimum absolute atomic E-state index is 0.691. The van der Waals surface area contributed by atoms with Crippen molar-refractivity contribution in [3.63, 3.8) is 0 Å². The van der Waals surface area contributed by atoms with E-state index in [2.05, 4.69) is 60.7 Å². The quantitative estimate of drug-likeness (QED) is 0.194. The summed E-state index contributed by atoms with van der Waals surface area (Å²) in [6.07, 6.45) is 0. The Kier molecular flexibility index (Phi) is 5.33. The van der Waals surface area contributed by atoms with Gasteiger partial charge in [-0.1, -0.05) is 115 Å². The van der Waals surface area contributed by atoms with Gasteiger partial charge in [-0.05, 0) is 62.0 Å². The van der Waals surface area contributed by atoms with Crippen molar-refractivity contribution in [2.75, 3.05) is 0 Å². The molecule has 0 amide bonds. The van der Waals surface area contributed by atoms with Crippen LogP contribution in [-0.2, 0) is 0 Å². The van der Waals surface area contributed by atoms with Crippen LogP contribution in [0.25, 0.3) is 87.3 Å². The standard InChI is InChI=1S/C42H22N2O/c43-23-36-26-10-1-5-14-30(26)40(31-15-6-2-11-27(31)36)25-20-21-38-35(22-25)42-34(18-9-19-39(42)45-38)41-32-16-7-3-12-28(32)37(24-44)29-13-4-8-17-33(29)41/h1-22H. The van der Waals surface area contributed by atoms with Crippen LogP contribution in [0.5, 0.6) is 0 Å². The number of nitriles is 2. The molecule has 1 heterocycles. The van der Waals surface area contributed by atoms with Crippen molar-refractivity contribution in [2.45, 2.75) is 0 Å². The lowest BCUT2D eigenvalue weighted by Crippen LogP contribution is -1.91. The van der Waals surface area contributed by atoms with Crippen LogP contribution in [0.1, 0.15) is 11.1 Å². The number of fused-ring (bicyclic) bond motifs is 7. The summed E-state index contributed by atoms with van der Waals surface area (Å²) in [6.45, 7) is 0. The molecule has 0 aliphatic carbocycles. The fraction of sp³-hybridized carbons (Fsp3) is 0. The molecule has 0 aliphatic rings. The molecule has 9 aromatic rings. The van der Waals surface area contributed by atoms with Gasteiger partial charge >= 0.3 is 0 Å². The number of hydrogen-bond donors (Lipinski definition) is 0. The van der Waals surface area contributed by atoms with Crippen molar-refractivity contribution in [2.24, 2.45) is 0 Å². The zero-order valence-electron chi connectivity index (χ0n) is 24.0. The van der Waals surface area contributed by atoms with Crippen molar-refractivity contribution < 1.29 is 4.42 Å². The zero-order chi connectivity index (χ0) is 30.1. The molecule has 1 aromatic heterocycles. The lowest BCUT2D eigenvalue weighted by atomic mass is 9.86. The van der Waals surface area contributed by atoms with Crippen LogP contribution in [0.3, 0.4) is 0 Å². The van der Waals surface area contributed by atoms with Crippen LogP contribution in [0.15, 0.2) is 138 Å². The van der Waals surface area contributed by atoms with E-state index >= 15 is 0 Å². The van der Waals surface area contributed by atoms with Gasteiger partial charge in [-0.3, -0.25) is 0 Å². The van der Waals surface area contributed by atoms with E-state index in [1.165, 1.54) is 0 Å². The molecule has 3 nitrogen and oxygen atoms in total. The zero-order valence-corrected chi connectivity index (χ0v) is 24.0. The number of nitrogens with zero attached hydrogens (tertiary/aromatic N) is 2. The third-order valence-corrected chi connectivity index (χ3v) is 9.14. The lowest BCUT2D eigenvalue weighted by Gasteiger charge is -2.15. The topological polar surface area (TPSA) is 60.7 Å². The van der Waals surface area contributed by atoms with Crippen molar-refractivity contribution in [1.82, 2.24) is 0 Å². The summed E-state index contributed by atoms with van der Waals surface area (Å²) in [7, 11) is 0. The van der Waals surface area contributed by atoms with E-state index in [0.29, 0.717) is 11.1 Å². The molecule has 0 saturated heterocycles. The number of hydrogen-bond acceptors (Lipinski definition) is 3. The van der Waals surface area contributed by atoms with Crippen LogP contribution < -0.4 is 0 Å². The third kappa shape index (κ3) is 3.50. The van der Waals surface area contributed by atoms with Crippen LogP contribution in [0, 0.1) is 22.7 Å². The van der Waals surface area contributed by atoms with Crippen molar-refractivity contribution in [3.05, 3.63) is 145 Å². The predicted octanol–water partition coefficient (Wildman–Crippen LogP) is 11.3. The monoisotopic (exact) mass is 570 g/mol. The van der Waals surface area contributed by atoms with Gasteiger partial charge in [0.05, 0.1) is 11.1 Å². The average molecular weight is 571 g/mol. The van der Waals surface area contributed by atoms with Gasteiger partial charge in [0, 0.05) is 32.3 Å². The molecule has 0 aliphatic heterocycles. The summed E-state index contributed by atoms with van der Waals surface area (Å²) in [5.74, 6) is 0. The van der Waals surface area contributed by atoms with Crippen molar-refractivity contribution in [1.29, 1.82) is 10.5 Å². The molecule has 206 valence electrons. The molecule has 0 N–H and O–H groups in total. The van der Waals surface area contributed by atoms with Gasteiger partial charge in [-0.15, -0.1) is 0 Å². The van der Waals surface area contributed by atoms with Crippen molar-refractivity contribution in [3.8, 4) is 34.4 Å². The maximum Gasteiger partial charge on any atom is 0.136 e. The van der Waals surface area contributed by atoms with Crippen LogP contribution in [-0.4, -0.2) is 0 Å². The second-order valence-electron chi connectivity index (χ2n) is 11.4. The molecular weight excluding hydrogens is 548 g/mol. The Morgan fingerprint density at radius 1 is 0.400 bits per heavy atom. The molecule has 0 fully saturated rings. The van der Waals surface area contributed by atoms with E-state index in [1.54, 1.807) is 0 Å². The third-order valence-electron chi connectivity index (χ3n) is 9.14. The predicted molar refractivity (Wildman–Crippen MR) is 184 cm³/mol. The van der Waals surface area contributed by atoms with Crippen LogP contribution >= 0.6 is 0 Å². The summed E-state index contributed by atoms with van der Waals surface area (Å²) in [6, 6.07) is 50.3. The van der Waals surface area contributed by atoms with Gasteiger partial charge in [0.2, 0.25) is 0 Å². The van der Waals surface area contributed by atoms with Gasteiger partial charge < -0.3 is 4.42 Å². The molecule has 8 aromatic carbocycles. The molecule has 3 heteroatoms.